The molecule has 24 heavy (non-hydrogen) atoms. The second-order valence-electron chi connectivity index (χ2n) is 6.34. The Morgan fingerprint density at radius 1 is 1.33 bits per heavy atom. The van der Waals surface area contributed by atoms with E-state index >= 15 is 0 Å². The van der Waals surface area contributed by atoms with Crippen LogP contribution in [0.15, 0.2) is 40.3 Å². The molecule has 0 fully saturated rings. The van der Waals surface area contributed by atoms with E-state index in [9.17, 15) is 9.18 Å². The molecular weight excluding hydrogens is 325 g/mol. The van der Waals surface area contributed by atoms with Crippen molar-refractivity contribution in [2.24, 2.45) is 5.92 Å². The van der Waals surface area contributed by atoms with Gasteiger partial charge in [-0.15, -0.1) is 0 Å². The lowest BCUT2D eigenvalue weighted by Crippen LogP contribution is -2.25. The fraction of sp³-hybridized carbons (Fsp3) is 0.333. The lowest BCUT2D eigenvalue weighted by molar-refractivity contribution is 0.475. The van der Waals surface area contributed by atoms with Gasteiger partial charge in [-0.25, -0.2) is 9.37 Å². The number of hydrogen-bond acceptors (Lipinski definition) is 3. The standard InChI is InChI=1S/C18H20FN3OS/c1-11(2)9-22-17(23)16-15(7-12(3)20-16)21-18(22)24-10-13-5-4-6-14(19)8-13/h4-8,11,20H,9-10H2,1-3H3. The van der Waals surface area contributed by atoms with Crippen LogP contribution in [0.4, 0.5) is 4.39 Å². The Morgan fingerprint density at radius 2 is 2.12 bits per heavy atom. The molecule has 1 aromatic carbocycles. The molecule has 3 rings (SSSR count). The second-order valence-corrected chi connectivity index (χ2v) is 7.28. The van der Waals surface area contributed by atoms with Crippen LogP contribution in [0.5, 0.6) is 0 Å². The summed E-state index contributed by atoms with van der Waals surface area (Å²) in [7, 11) is 0. The molecule has 126 valence electrons. The third kappa shape index (κ3) is 3.53. The molecule has 2 heterocycles. The van der Waals surface area contributed by atoms with Crippen LogP contribution >= 0.6 is 11.8 Å². The summed E-state index contributed by atoms with van der Waals surface area (Å²) < 4.78 is 15.1. The Hall–Kier alpha value is -2.08. The molecule has 0 saturated carbocycles. The molecule has 0 radical (unpaired) electrons. The minimum Gasteiger partial charge on any atom is -0.353 e. The third-order valence-electron chi connectivity index (χ3n) is 3.64. The van der Waals surface area contributed by atoms with Crippen molar-refractivity contribution in [2.45, 2.75) is 38.2 Å². The number of hydrogen-bond donors (Lipinski definition) is 1. The molecule has 2 aromatic heterocycles. The van der Waals surface area contributed by atoms with E-state index in [4.69, 9.17) is 0 Å². The van der Waals surface area contributed by atoms with Crippen molar-refractivity contribution in [3.05, 3.63) is 57.8 Å². The number of nitrogens with zero attached hydrogens (tertiary/aromatic N) is 2. The topological polar surface area (TPSA) is 50.7 Å². The summed E-state index contributed by atoms with van der Waals surface area (Å²) in [5.41, 5.74) is 2.96. The average molecular weight is 345 g/mol. The van der Waals surface area contributed by atoms with E-state index in [0.29, 0.717) is 34.4 Å². The summed E-state index contributed by atoms with van der Waals surface area (Å²) in [6.07, 6.45) is 0. The first kappa shape index (κ1) is 16.8. The fourth-order valence-electron chi connectivity index (χ4n) is 2.62. The number of rotatable bonds is 5. The molecule has 6 heteroatoms. The van der Waals surface area contributed by atoms with Gasteiger partial charge < -0.3 is 4.98 Å². The van der Waals surface area contributed by atoms with Gasteiger partial charge in [0.05, 0.1) is 5.52 Å². The Kier molecular flexibility index (Phi) is 4.76. The predicted molar refractivity (Wildman–Crippen MR) is 95.9 cm³/mol. The average Bonchev–Trinajstić information content (AvgIpc) is 2.89. The van der Waals surface area contributed by atoms with E-state index in [2.05, 4.69) is 23.8 Å². The number of thioether (sulfide) groups is 1. The molecule has 0 spiro atoms. The van der Waals surface area contributed by atoms with Crippen molar-refractivity contribution in [3.8, 4) is 0 Å². The van der Waals surface area contributed by atoms with Crippen LogP contribution in [-0.2, 0) is 12.3 Å². The van der Waals surface area contributed by atoms with Gasteiger partial charge in [0.25, 0.3) is 5.56 Å². The molecule has 0 atom stereocenters. The minimum atomic E-state index is -0.252. The zero-order valence-corrected chi connectivity index (χ0v) is 14.8. The SMILES string of the molecule is Cc1cc2nc(SCc3cccc(F)c3)n(CC(C)C)c(=O)c2[nH]1. The summed E-state index contributed by atoms with van der Waals surface area (Å²) >= 11 is 1.46. The van der Waals surface area contributed by atoms with Gasteiger partial charge in [0.2, 0.25) is 0 Å². The molecule has 0 amide bonds. The summed E-state index contributed by atoms with van der Waals surface area (Å²) in [6.45, 7) is 6.65. The molecule has 0 aliphatic heterocycles. The van der Waals surface area contributed by atoms with Crippen LogP contribution < -0.4 is 5.56 Å². The van der Waals surface area contributed by atoms with Crippen molar-refractivity contribution >= 4 is 22.8 Å². The fourth-order valence-corrected chi connectivity index (χ4v) is 3.57. The highest BCUT2D eigenvalue weighted by Crippen LogP contribution is 2.23. The van der Waals surface area contributed by atoms with E-state index in [1.54, 1.807) is 10.6 Å². The van der Waals surface area contributed by atoms with Gasteiger partial charge in [0.1, 0.15) is 11.3 Å². The molecule has 4 nitrogen and oxygen atoms in total. The zero-order chi connectivity index (χ0) is 17.3. The van der Waals surface area contributed by atoms with E-state index in [1.807, 2.05) is 19.1 Å². The number of H-pyrrole nitrogens is 1. The summed E-state index contributed by atoms with van der Waals surface area (Å²) in [6, 6.07) is 8.38. The molecule has 1 N–H and O–H groups in total. The number of aryl methyl sites for hydroxylation is 1. The lowest BCUT2D eigenvalue weighted by atomic mass is 10.2. The predicted octanol–water partition coefficient (Wildman–Crippen LogP) is 4.12. The normalized spacial score (nSPS) is 11.5. The number of benzene rings is 1. The second kappa shape index (κ2) is 6.81. The van der Waals surface area contributed by atoms with Gasteiger partial charge in [-0.05, 0) is 36.6 Å². The van der Waals surface area contributed by atoms with E-state index in [-0.39, 0.29) is 11.4 Å². The van der Waals surface area contributed by atoms with Crippen molar-refractivity contribution in [1.82, 2.24) is 14.5 Å². The number of aromatic amines is 1. The van der Waals surface area contributed by atoms with E-state index in [0.717, 1.165) is 11.3 Å². The molecule has 0 aliphatic rings. The van der Waals surface area contributed by atoms with Crippen LogP contribution in [0.1, 0.15) is 25.1 Å². The van der Waals surface area contributed by atoms with Crippen molar-refractivity contribution < 1.29 is 4.39 Å². The van der Waals surface area contributed by atoms with E-state index < -0.39 is 0 Å². The highest BCUT2D eigenvalue weighted by molar-refractivity contribution is 7.98. The maximum Gasteiger partial charge on any atom is 0.278 e. The van der Waals surface area contributed by atoms with Crippen LogP contribution in [0.25, 0.3) is 11.0 Å². The monoisotopic (exact) mass is 345 g/mol. The van der Waals surface area contributed by atoms with Crippen molar-refractivity contribution in [1.29, 1.82) is 0 Å². The van der Waals surface area contributed by atoms with Gasteiger partial charge in [-0.1, -0.05) is 37.7 Å². The first-order valence-electron chi connectivity index (χ1n) is 7.91. The van der Waals surface area contributed by atoms with E-state index in [1.165, 1.54) is 23.9 Å². The Labute approximate surface area is 144 Å². The smallest absolute Gasteiger partial charge is 0.278 e. The first-order valence-corrected chi connectivity index (χ1v) is 8.90. The highest BCUT2D eigenvalue weighted by Gasteiger charge is 2.14. The summed E-state index contributed by atoms with van der Waals surface area (Å²) in [5, 5.41) is 0.671. The van der Waals surface area contributed by atoms with Crippen LogP contribution in [0.2, 0.25) is 0 Å². The summed E-state index contributed by atoms with van der Waals surface area (Å²) in [4.78, 5) is 20.5. The van der Waals surface area contributed by atoms with Gasteiger partial charge in [0, 0.05) is 18.0 Å². The largest absolute Gasteiger partial charge is 0.353 e. The Morgan fingerprint density at radius 3 is 2.83 bits per heavy atom. The Balaban J connectivity index is 1.99. The quantitative estimate of drug-likeness (QED) is 0.559. The summed E-state index contributed by atoms with van der Waals surface area (Å²) in [5.74, 6) is 0.640. The van der Waals surface area contributed by atoms with Gasteiger partial charge in [0.15, 0.2) is 5.16 Å². The number of fused-ring (bicyclic) bond motifs is 1. The van der Waals surface area contributed by atoms with Gasteiger partial charge in [-0.2, -0.15) is 0 Å². The van der Waals surface area contributed by atoms with Crippen molar-refractivity contribution in [3.63, 3.8) is 0 Å². The molecule has 0 aliphatic carbocycles. The van der Waals surface area contributed by atoms with Gasteiger partial charge in [-0.3, -0.25) is 9.36 Å². The lowest BCUT2D eigenvalue weighted by Gasteiger charge is -2.14. The zero-order valence-electron chi connectivity index (χ0n) is 14.0. The van der Waals surface area contributed by atoms with Crippen LogP contribution in [0, 0.1) is 18.7 Å². The highest BCUT2D eigenvalue weighted by atomic mass is 32.2. The molecule has 3 aromatic rings. The minimum absolute atomic E-state index is 0.0523. The molecule has 0 saturated heterocycles. The molecule has 0 bridgehead atoms. The number of halogens is 1. The van der Waals surface area contributed by atoms with Crippen molar-refractivity contribution in [2.75, 3.05) is 0 Å². The van der Waals surface area contributed by atoms with Gasteiger partial charge >= 0.3 is 0 Å². The third-order valence-corrected chi connectivity index (χ3v) is 4.69. The first-order chi connectivity index (χ1) is 11.4. The maximum absolute atomic E-state index is 13.3. The van der Waals surface area contributed by atoms with Crippen LogP contribution in [-0.4, -0.2) is 14.5 Å². The Bertz CT molecular complexity index is 930. The molecular formula is C18H20FN3OS. The number of nitrogens with one attached hydrogen (secondary N) is 1. The molecule has 0 unspecified atom stereocenters. The number of aromatic nitrogens is 3. The maximum atomic E-state index is 13.3. The van der Waals surface area contributed by atoms with Crippen LogP contribution in [0.3, 0.4) is 0 Å².